The summed E-state index contributed by atoms with van der Waals surface area (Å²) in [7, 11) is 1.23. The maximum atomic E-state index is 13.7. The van der Waals surface area contributed by atoms with E-state index in [1.54, 1.807) is 32.9 Å². The molecule has 2 unspecified atom stereocenters. The molecule has 0 fully saturated rings. The molecule has 1 aromatic carbocycles. The molecule has 0 aromatic heterocycles. The number of thiol groups is 1. The van der Waals surface area contributed by atoms with Crippen molar-refractivity contribution >= 4 is 36.5 Å². The molecule has 1 rings (SSSR count). The maximum Gasteiger partial charge on any atom is 0.408 e. The first kappa shape index (κ1) is 30.3. The first-order valence-electron chi connectivity index (χ1n) is 11.7. The number of esters is 1. The van der Waals surface area contributed by atoms with Crippen LogP contribution in [0.25, 0.3) is 0 Å². The van der Waals surface area contributed by atoms with Crippen LogP contribution in [0.4, 0.5) is 4.79 Å². The SMILES string of the molecule is CCCCCN(C(=O)C(CS)NC(=O)OC(C)(C)C)C(C(=O)NCC(=O)OC)c1ccc(C)cc1. The number of nitrogens with one attached hydrogen (secondary N) is 2. The summed E-state index contributed by atoms with van der Waals surface area (Å²) in [5.41, 5.74) is 0.831. The van der Waals surface area contributed by atoms with Crippen molar-refractivity contribution < 1.29 is 28.7 Å². The Bertz CT molecular complexity index is 854. The van der Waals surface area contributed by atoms with Crippen LogP contribution in [0.15, 0.2) is 24.3 Å². The molecule has 0 saturated heterocycles. The van der Waals surface area contributed by atoms with Crippen molar-refractivity contribution in [3.63, 3.8) is 0 Å². The Morgan fingerprint density at radius 1 is 1.09 bits per heavy atom. The number of hydrogen-bond donors (Lipinski definition) is 3. The summed E-state index contributed by atoms with van der Waals surface area (Å²) < 4.78 is 9.92. The van der Waals surface area contributed by atoms with Gasteiger partial charge in [0.1, 0.15) is 24.2 Å². The predicted octanol–water partition coefficient (Wildman–Crippen LogP) is 3.17. The number of ether oxygens (including phenoxy) is 2. The number of methoxy groups -OCH3 is 1. The van der Waals surface area contributed by atoms with Crippen LogP contribution >= 0.6 is 12.6 Å². The topological polar surface area (TPSA) is 114 Å². The zero-order valence-electron chi connectivity index (χ0n) is 21.6. The molecular formula is C25H39N3O6S. The number of carbonyl (C=O) groups excluding carboxylic acids is 4. The molecule has 1 aromatic rings. The van der Waals surface area contributed by atoms with Gasteiger partial charge in [0.05, 0.1) is 7.11 Å². The Morgan fingerprint density at radius 3 is 2.23 bits per heavy atom. The fourth-order valence-corrected chi connectivity index (χ4v) is 3.53. The molecule has 0 aliphatic carbocycles. The van der Waals surface area contributed by atoms with Crippen LogP contribution < -0.4 is 10.6 Å². The molecule has 10 heteroatoms. The highest BCUT2D eigenvalue weighted by Crippen LogP contribution is 2.24. The van der Waals surface area contributed by atoms with Crippen molar-refractivity contribution in [3.8, 4) is 0 Å². The molecule has 2 atom stereocenters. The lowest BCUT2D eigenvalue weighted by Crippen LogP contribution is -2.54. The highest BCUT2D eigenvalue weighted by atomic mass is 32.1. The molecule has 0 radical (unpaired) electrons. The zero-order chi connectivity index (χ0) is 26.6. The molecular weight excluding hydrogens is 470 g/mol. The van der Waals surface area contributed by atoms with E-state index in [4.69, 9.17) is 4.74 Å². The standard InChI is InChI=1S/C25H39N3O6S/c1-7-8-9-14-28(23(31)19(16-35)27-24(32)34-25(3,4)5)21(18-12-10-17(2)11-13-18)22(30)26-15-20(29)33-6/h10-13,19,21,35H,7-9,14-16H2,1-6H3,(H,26,30)(H,27,32). The fraction of sp³-hybridized carbons (Fsp3) is 0.600. The molecule has 0 spiro atoms. The Morgan fingerprint density at radius 2 is 1.71 bits per heavy atom. The number of amides is 3. The maximum absolute atomic E-state index is 13.7. The number of aryl methyl sites for hydroxylation is 1. The van der Waals surface area contributed by atoms with E-state index in [-0.39, 0.29) is 18.8 Å². The van der Waals surface area contributed by atoms with E-state index in [1.807, 2.05) is 26.0 Å². The third-order valence-corrected chi connectivity index (χ3v) is 5.41. The van der Waals surface area contributed by atoms with Crippen molar-refractivity contribution in [1.29, 1.82) is 0 Å². The van der Waals surface area contributed by atoms with Crippen molar-refractivity contribution in [2.24, 2.45) is 0 Å². The minimum atomic E-state index is -1.02. The minimum absolute atomic E-state index is 0.00670. The number of hydrogen-bond acceptors (Lipinski definition) is 7. The van der Waals surface area contributed by atoms with Gasteiger partial charge in [0.2, 0.25) is 11.8 Å². The van der Waals surface area contributed by atoms with Gasteiger partial charge in [-0.05, 0) is 39.7 Å². The Kier molecular flexibility index (Phi) is 12.6. The molecule has 0 aliphatic heterocycles. The van der Waals surface area contributed by atoms with E-state index < -0.39 is 41.6 Å². The highest BCUT2D eigenvalue weighted by Gasteiger charge is 2.35. The van der Waals surface area contributed by atoms with Gasteiger partial charge in [-0.1, -0.05) is 49.6 Å². The van der Waals surface area contributed by atoms with Crippen LogP contribution in [0.2, 0.25) is 0 Å². The second kappa shape index (κ2) is 14.6. The third-order valence-electron chi connectivity index (χ3n) is 5.05. The quantitative estimate of drug-likeness (QED) is 0.227. The average Bonchev–Trinajstić information content (AvgIpc) is 2.79. The van der Waals surface area contributed by atoms with Crippen LogP contribution in [0.3, 0.4) is 0 Å². The number of benzene rings is 1. The molecule has 3 amide bonds. The van der Waals surface area contributed by atoms with Crippen molar-refractivity contribution in [3.05, 3.63) is 35.4 Å². The van der Waals surface area contributed by atoms with Gasteiger partial charge >= 0.3 is 12.1 Å². The van der Waals surface area contributed by atoms with Gasteiger partial charge < -0.3 is 25.0 Å². The molecule has 0 heterocycles. The number of nitrogens with zero attached hydrogens (tertiary/aromatic N) is 1. The Balaban J connectivity index is 3.34. The first-order valence-corrected chi connectivity index (χ1v) is 12.4. The number of alkyl carbamates (subject to hydrolysis) is 1. The van der Waals surface area contributed by atoms with Crippen molar-refractivity contribution in [1.82, 2.24) is 15.5 Å². The lowest BCUT2D eigenvalue weighted by atomic mass is 10.0. The largest absolute Gasteiger partial charge is 0.468 e. The second-order valence-electron chi connectivity index (χ2n) is 9.23. The highest BCUT2D eigenvalue weighted by molar-refractivity contribution is 7.80. The lowest BCUT2D eigenvalue weighted by Gasteiger charge is -2.34. The van der Waals surface area contributed by atoms with Crippen molar-refractivity contribution in [2.45, 2.75) is 71.6 Å². The van der Waals surface area contributed by atoms with Crippen LogP contribution in [0.1, 0.15) is 64.1 Å². The summed E-state index contributed by atoms with van der Waals surface area (Å²) >= 11 is 4.27. The lowest BCUT2D eigenvalue weighted by molar-refractivity contribution is -0.144. The van der Waals surface area contributed by atoms with Gasteiger partial charge in [0, 0.05) is 12.3 Å². The molecule has 0 aliphatic rings. The molecule has 9 nitrogen and oxygen atoms in total. The fourth-order valence-electron chi connectivity index (χ4n) is 3.28. The minimum Gasteiger partial charge on any atom is -0.468 e. The molecule has 2 N–H and O–H groups in total. The van der Waals surface area contributed by atoms with E-state index >= 15 is 0 Å². The summed E-state index contributed by atoms with van der Waals surface area (Å²) in [6.07, 6.45) is 1.66. The van der Waals surface area contributed by atoms with Gasteiger partial charge in [-0.2, -0.15) is 12.6 Å². The van der Waals surface area contributed by atoms with E-state index in [1.165, 1.54) is 12.0 Å². The second-order valence-corrected chi connectivity index (χ2v) is 9.59. The first-order chi connectivity index (χ1) is 16.4. The number of unbranched alkanes of at least 4 members (excludes halogenated alkanes) is 2. The Hall–Kier alpha value is -2.75. The van der Waals surface area contributed by atoms with Gasteiger partial charge in [0.25, 0.3) is 0 Å². The van der Waals surface area contributed by atoms with Crippen LogP contribution in [-0.4, -0.2) is 66.4 Å². The van der Waals surface area contributed by atoms with Gasteiger partial charge in [-0.3, -0.25) is 14.4 Å². The monoisotopic (exact) mass is 509 g/mol. The summed E-state index contributed by atoms with van der Waals surface area (Å²) in [5, 5.41) is 5.14. The van der Waals surface area contributed by atoms with Crippen LogP contribution in [0.5, 0.6) is 0 Å². The Labute approximate surface area is 213 Å². The van der Waals surface area contributed by atoms with Crippen LogP contribution in [0, 0.1) is 6.92 Å². The molecule has 35 heavy (non-hydrogen) atoms. The normalized spacial score (nSPS) is 12.8. The number of rotatable bonds is 12. The van der Waals surface area contributed by atoms with E-state index in [9.17, 15) is 19.2 Å². The van der Waals surface area contributed by atoms with E-state index in [0.29, 0.717) is 12.0 Å². The molecule has 196 valence electrons. The smallest absolute Gasteiger partial charge is 0.408 e. The average molecular weight is 510 g/mol. The van der Waals surface area contributed by atoms with Gasteiger partial charge in [-0.25, -0.2) is 4.79 Å². The zero-order valence-corrected chi connectivity index (χ0v) is 22.4. The summed E-state index contributed by atoms with van der Waals surface area (Å²) in [6, 6.07) is 5.20. The summed E-state index contributed by atoms with van der Waals surface area (Å²) in [4.78, 5) is 52.4. The van der Waals surface area contributed by atoms with Gasteiger partial charge in [-0.15, -0.1) is 0 Å². The molecule has 0 bridgehead atoms. The predicted molar refractivity (Wildman–Crippen MR) is 137 cm³/mol. The van der Waals surface area contributed by atoms with E-state index in [2.05, 4.69) is 28.0 Å². The van der Waals surface area contributed by atoms with Crippen LogP contribution in [-0.2, 0) is 23.9 Å². The van der Waals surface area contributed by atoms with Gasteiger partial charge in [0.15, 0.2) is 0 Å². The summed E-state index contributed by atoms with van der Waals surface area (Å²) in [5.74, 6) is -1.60. The van der Waals surface area contributed by atoms with Crippen molar-refractivity contribution in [2.75, 3.05) is 26.0 Å². The van der Waals surface area contributed by atoms with E-state index in [0.717, 1.165) is 18.4 Å². The molecule has 0 saturated carbocycles. The number of carbonyl (C=O) groups is 4. The summed E-state index contributed by atoms with van der Waals surface area (Å²) in [6.45, 7) is 9.06. The third kappa shape index (κ3) is 10.6.